The van der Waals surface area contributed by atoms with Crippen molar-refractivity contribution in [3.63, 3.8) is 0 Å². The van der Waals surface area contributed by atoms with Crippen LogP contribution >= 0.6 is 0 Å². The Labute approximate surface area is 187 Å². The van der Waals surface area contributed by atoms with Gasteiger partial charge in [0.05, 0.1) is 0 Å². The molecular formula is C27H39N3O. The van der Waals surface area contributed by atoms with Crippen LogP contribution in [0.5, 0.6) is 5.75 Å². The summed E-state index contributed by atoms with van der Waals surface area (Å²) in [5, 5.41) is 20.2. The van der Waals surface area contributed by atoms with Crippen molar-refractivity contribution in [2.45, 2.75) is 97.3 Å². The van der Waals surface area contributed by atoms with Crippen LogP contribution in [0.1, 0.15) is 102 Å². The summed E-state index contributed by atoms with van der Waals surface area (Å²) in [4.78, 5) is 1.59. The Hall–Kier alpha value is -2.36. The van der Waals surface area contributed by atoms with Gasteiger partial charge in [-0.05, 0) is 48.1 Å². The summed E-state index contributed by atoms with van der Waals surface area (Å²) in [5.41, 5.74) is 4.60. The Morgan fingerprint density at radius 3 is 1.90 bits per heavy atom. The molecule has 1 aromatic heterocycles. The minimum absolute atomic E-state index is 0.320. The number of nitrogens with zero attached hydrogens (tertiary/aromatic N) is 3. The number of phenols is 1. The third-order valence-electron chi connectivity index (χ3n) is 6.16. The smallest absolute Gasteiger partial charge is 0.146 e. The fraction of sp³-hybridized carbons (Fsp3) is 0.556. The summed E-state index contributed by atoms with van der Waals surface area (Å²) in [6.45, 7) is 6.65. The van der Waals surface area contributed by atoms with Gasteiger partial charge in [-0.1, -0.05) is 96.8 Å². The van der Waals surface area contributed by atoms with Gasteiger partial charge in [-0.15, -0.1) is 15.0 Å². The molecule has 0 saturated carbocycles. The number of fused-ring (bicyclic) bond motifs is 1. The molecule has 0 aliphatic rings. The molecule has 1 heterocycles. The van der Waals surface area contributed by atoms with E-state index >= 15 is 0 Å². The maximum absolute atomic E-state index is 11.0. The van der Waals surface area contributed by atoms with Crippen LogP contribution in [0.3, 0.4) is 0 Å². The summed E-state index contributed by atoms with van der Waals surface area (Å²) in [5.74, 6) is 0.705. The third kappa shape index (κ3) is 6.56. The molecule has 4 heteroatoms. The zero-order valence-electron chi connectivity index (χ0n) is 19.6. The van der Waals surface area contributed by atoms with E-state index in [1.807, 2.05) is 30.3 Å². The molecule has 0 atom stereocenters. The van der Waals surface area contributed by atoms with E-state index in [1.165, 1.54) is 63.4 Å². The number of benzene rings is 2. The molecule has 4 nitrogen and oxygen atoms in total. The Morgan fingerprint density at radius 1 is 0.806 bits per heavy atom. The highest BCUT2D eigenvalue weighted by Crippen LogP contribution is 2.32. The molecule has 3 aromatic rings. The summed E-state index contributed by atoms with van der Waals surface area (Å²) in [6, 6.07) is 12.0. The standard InChI is InChI=1S/C27H39N3O/c1-4-5-6-7-8-9-10-11-12-13-16-22-19-23(21(2)3)20-26(27(22)31)30-28-24-17-14-15-18-25(24)29-30/h14-15,17-21,31H,4-13,16H2,1-3H3. The molecule has 0 saturated heterocycles. The number of rotatable bonds is 13. The van der Waals surface area contributed by atoms with Crippen molar-refractivity contribution in [1.29, 1.82) is 0 Å². The van der Waals surface area contributed by atoms with Crippen LogP contribution in [0, 0.1) is 0 Å². The normalized spacial score (nSPS) is 11.6. The predicted molar refractivity (Wildman–Crippen MR) is 130 cm³/mol. The van der Waals surface area contributed by atoms with Gasteiger partial charge in [0.2, 0.25) is 0 Å². The summed E-state index contributed by atoms with van der Waals surface area (Å²) in [6.07, 6.45) is 14.1. The van der Waals surface area contributed by atoms with Crippen molar-refractivity contribution in [1.82, 2.24) is 15.0 Å². The molecule has 1 N–H and O–H groups in total. The molecule has 2 aromatic carbocycles. The zero-order valence-corrected chi connectivity index (χ0v) is 19.6. The summed E-state index contributed by atoms with van der Waals surface area (Å²) >= 11 is 0. The van der Waals surface area contributed by atoms with Crippen molar-refractivity contribution in [3.05, 3.63) is 47.5 Å². The first-order chi connectivity index (χ1) is 15.1. The van der Waals surface area contributed by atoms with Crippen LogP contribution in [0.15, 0.2) is 36.4 Å². The lowest BCUT2D eigenvalue weighted by Gasteiger charge is -2.14. The van der Waals surface area contributed by atoms with E-state index in [9.17, 15) is 5.11 Å². The van der Waals surface area contributed by atoms with E-state index in [4.69, 9.17) is 0 Å². The average Bonchev–Trinajstić information content (AvgIpc) is 3.20. The van der Waals surface area contributed by atoms with Crippen LogP contribution in [-0.2, 0) is 6.42 Å². The van der Waals surface area contributed by atoms with Gasteiger partial charge in [0, 0.05) is 0 Å². The lowest BCUT2D eigenvalue weighted by Crippen LogP contribution is -2.03. The van der Waals surface area contributed by atoms with Gasteiger partial charge in [0.1, 0.15) is 22.5 Å². The second kappa shape index (κ2) is 11.9. The molecule has 0 amide bonds. The van der Waals surface area contributed by atoms with E-state index < -0.39 is 0 Å². The van der Waals surface area contributed by atoms with Crippen LogP contribution in [-0.4, -0.2) is 20.1 Å². The van der Waals surface area contributed by atoms with Crippen LogP contribution in [0.25, 0.3) is 16.7 Å². The van der Waals surface area contributed by atoms with Gasteiger partial charge in [0.25, 0.3) is 0 Å². The molecule has 0 bridgehead atoms. The minimum Gasteiger partial charge on any atom is -0.505 e. The van der Waals surface area contributed by atoms with Gasteiger partial charge in [-0.2, -0.15) is 0 Å². The number of hydrogen-bond donors (Lipinski definition) is 1. The highest BCUT2D eigenvalue weighted by Gasteiger charge is 2.15. The number of aromatic hydroxyl groups is 1. The lowest BCUT2D eigenvalue weighted by atomic mass is 9.96. The maximum atomic E-state index is 11.0. The molecule has 0 unspecified atom stereocenters. The van der Waals surface area contributed by atoms with Crippen molar-refractivity contribution < 1.29 is 5.11 Å². The first-order valence-electron chi connectivity index (χ1n) is 12.3. The highest BCUT2D eigenvalue weighted by molar-refractivity contribution is 5.73. The first kappa shape index (κ1) is 23.3. The SMILES string of the molecule is CCCCCCCCCCCCc1cc(C(C)C)cc(-n2nc3ccccc3n2)c1O. The predicted octanol–water partition coefficient (Wildman–Crippen LogP) is 7.71. The van der Waals surface area contributed by atoms with Crippen molar-refractivity contribution in [2.75, 3.05) is 0 Å². The van der Waals surface area contributed by atoms with E-state index in [0.717, 1.165) is 29.4 Å². The van der Waals surface area contributed by atoms with E-state index in [1.54, 1.807) is 4.80 Å². The number of phenolic OH excluding ortho intramolecular Hbond substituents is 1. The van der Waals surface area contributed by atoms with Crippen LogP contribution in [0.2, 0.25) is 0 Å². The maximum Gasteiger partial charge on any atom is 0.146 e. The summed E-state index contributed by atoms with van der Waals surface area (Å²) in [7, 11) is 0. The molecule has 0 aliphatic heterocycles. The Morgan fingerprint density at radius 2 is 1.35 bits per heavy atom. The zero-order chi connectivity index (χ0) is 22.1. The highest BCUT2D eigenvalue weighted by atomic mass is 16.3. The molecule has 0 aliphatic carbocycles. The van der Waals surface area contributed by atoms with E-state index in [2.05, 4.69) is 37.0 Å². The second-order valence-corrected chi connectivity index (χ2v) is 9.11. The first-order valence-corrected chi connectivity index (χ1v) is 12.3. The molecule has 3 rings (SSSR count). The monoisotopic (exact) mass is 421 g/mol. The number of hydrogen-bond acceptors (Lipinski definition) is 3. The lowest BCUT2D eigenvalue weighted by molar-refractivity contribution is 0.458. The number of aryl methyl sites for hydroxylation is 1. The number of unbranched alkanes of at least 4 members (excludes halogenated alkanes) is 9. The van der Waals surface area contributed by atoms with Crippen molar-refractivity contribution in [3.8, 4) is 11.4 Å². The number of aromatic nitrogens is 3. The van der Waals surface area contributed by atoms with Gasteiger partial charge in [0.15, 0.2) is 0 Å². The van der Waals surface area contributed by atoms with E-state index in [0.29, 0.717) is 17.4 Å². The summed E-state index contributed by atoms with van der Waals surface area (Å²) < 4.78 is 0. The van der Waals surface area contributed by atoms with Gasteiger partial charge in [-0.25, -0.2) is 0 Å². The van der Waals surface area contributed by atoms with Gasteiger partial charge in [-0.3, -0.25) is 0 Å². The average molecular weight is 422 g/mol. The van der Waals surface area contributed by atoms with Crippen molar-refractivity contribution in [2.24, 2.45) is 0 Å². The topological polar surface area (TPSA) is 50.9 Å². The molecule has 168 valence electrons. The molecular weight excluding hydrogens is 382 g/mol. The Bertz CT molecular complexity index is 912. The van der Waals surface area contributed by atoms with Gasteiger partial charge < -0.3 is 5.11 Å². The Kier molecular flexibility index (Phi) is 8.93. The molecule has 0 spiro atoms. The minimum atomic E-state index is 0.320. The van der Waals surface area contributed by atoms with Crippen LogP contribution in [0.4, 0.5) is 0 Å². The Balaban J connectivity index is 1.60. The van der Waals surface area contributed by atoms with Crippen molar-refractivity contribution >= 4 is 11.0 Å². The molecule has 0 radical (unpaired) electrons. The van der Waals surface area contributed by atoms with Crippen LogP contribution < -0.4 is 0 Å². The van der Waals surface area contributed by atoms with E-state index in [-0.39, 0.29) is 0 Å². The fourth-order valence-electron chi connectivity index (χ4n) is 4.15. The third-order valence-corrected chi connectivity index (χ3v) is 6.16. The quantitative estimate of drug-likeness (QED) is 0.287. The molecule has 0 fully saturated rings. The van der Waals surface area contributed by atoms with Gasteiger partial charge >= 0.3 is 0 Å². The second-order valence-electron chi connectivity index (χ2n) is 9.11. The largest absolute Gasteiger partial charge is 0.505 e. The molecule has 31 heavy (non-hydrogen) atoms. The fourth-order valence-corrected chi connectivity index (χ4v) is 4.15.